The molecular formula is C29H37ClN4O5S. The molecule has 2 fully saturated rings. The summed E-state index contributed by atoms with van der Waals surface area (Å²) in [5.41, 5.74) is 3.12. The molecule has 0 spiro atoms. The Labute approximate surface area is 241 Å². The molecule has 1 saturated heterocycles. The fraction of sp³-hybridized carbons (Fsp3) is 0.517. The first-order chi connectivity index (χ1) is 19.1. The number of hydrogen-bond acceptors (Lipinski definition) is 6. The van der Waals surface area contributed by atoms with Crippen LogP contribution in [0.25, 0.3) is 0 Å². The maximum Gasteiger partial charge on any atom is 0.244 e. The highest BCUT2D eigenvalue weighted by Crippen LogP contribution is 2.34. The highest BCUT2D eigenvalue weighted by Gasteiger charge is 2.40. The van der Waals surface area contributed by atoms with Crippen LogP contribution >= 0.6 is 11.6 Å². The zero-order chi connectivity index (χ0) is 28.4. The number of amides is 2. The lowest BCUT2D eigenvalue weighted by atomic mass is 9.98. The van der Waals surface area contributed by atoms with Crippen molar-refractivity contribution in [1.29, 1.82) is 0 Å². The van der Waals surface area contributed by atoms with Gasteiger partial charge < -0.3 is 20.7 Å². The summed E-state index contributed by atoms with van der Waals surface area (Å²) in [5.74, 6) is -0.133. The highest BCUT2D eigenvalue weighted by atomic mass is 35.5. The Kier molecular flexibility index (Phi) is 8.70. The summed E-state index contributed by atoms with van der Waals surface area (Å²) in [5, 5.41) is 9.82. The van der Waals surface area contributed by atoms with Crippen LogP contribution < -0.4 is 20.7 Å². The summed E-state index contributed by atoms with van der Waals surface area (Å²) in [6, 6.07) is 8.31. The van der Waals surface area contributed by atoms with Crippen molar-refractivity contribution in [3.63, 3.8) is 0 Å². The van der Waals surface area contributed by atoms with Gasteiger partial charge in [-0.15, -0.1) is 0 Å². The van der Waals surface area contributed by atoms with Gasteiger partial charge in [-0.05, 0) is 61.6 Å². The van der Waals surface area contributed by atoms with Crippen LogP contribution in [-0.4, -0.2) is 56.3 Å². The first-order valence-electron chi connectivity index (χ1n) is 14.0. The van der Waals surface area contributed by atoms with E-state index < -0.39 is 27.9 Å². The van der Waals surface area contributed by atoms with Gasteiger partial charge in [-0.2, -0.15) is 4.31 Å². The van der Waals surface area contributed by atoms with E-state index in [-0.39, 0.29) is 30.4 Å². The molecule has 2 heterocycles. The summed E-state index contributed by atoms with van der Waals surface area (Å²) in [6.45, 7) is 4.87. The van der Waals surface area contributed by atoms with E-state index in [1.54, 1.807) is 19.9 Å². The van der Waals surface area contributed by atoms with Crippen molar-refractivity contribution in [2.24, 2.45) is 0 Å². The number of nitrogens with zero attached hydrogens (tertiary/aromatic N) is 1. The van der Waals surface area contributed by atoms with Crippen molar-refractivity contribution in [3.05, 3.63) is 57.6 Å². The minimum absolute atomic E-state index is 0.0743. The number of halogens is 1. The van der Waals surface area contributed by atoms with E-state index in [0.29, 0.717) is 35.2 Å². The second-order valence-corrected chi connectivity index (χ2v) is 13.3. The summed E-state index contributed by atoms with van der Waals surface area (Å²) >= 11 is 6.18. The highest BCUT2D eigenvalue weighted by molar-refractivity contribution is 7.89. The standard InChI is InChI=1S/C29H37ClN4O5S/c1-18-14-27(19(2)13-23(18)30)40(37,38)34-11-10-31-29(36)25(34)16-28(35)33-24-9-12-39-26-15-20(7-8-22(24)26)17-32-21-5-3-4-6-21/h7-8,13-15,21,24-25,32H,3-6,9-12,16-17H2,1-2H3,(H,31,36)(H,33,35)/t24-,25?/m1/s1. The maximum absolute atomic E-state index is 13.7. The zero-order valence-electron chi connectivity index (χ0n) is 23.0. The quantitative estimate of drug-likeness (QED) is 0.435. The van der Waals surface area contributed by atoms with Crippen LogP contribution in [0.1, 0.15) is 66.8 Å². The van der Waals surface area contributed by atoms with Gasteiger partial charge >= 0.3 is 0 Å². The van der Waals surface area contributed by atoms with Gasteiger partial charge in [-0.1, -0.05) is 36.6 Å². The van der Waals surface area contributed by atoms with Gasteiger partial charge in [-0.25, -0.2) is 8.42 Å². The van der Waals surface area contributed by atoms with Gasteiger partial charge in [0.05, 0.1) is 24.0 Å². The minimum atomic E-state index is -4.05. The molecule has 0 radical (unpaired) electrons. The molecule has 2 amide bonds. The monoisotopic (exact) mass is 588 g/mol. The number of piperazine rings is 1. The van der Waals surface area contributed by atoms with Gasteiger partial charge in [0.1, 0.15) is 11.8 Å². The Morgan fingerprint density at radius 2 is 1.90 bits per heavy atom. The van der Waals surface area contributed by atoms with Crippen molar-refractivity contribution < 1.29 is 22.7 Å². The van der Waals surface area contributed by atoms with E-state index in [9.17, 15) is 18.0 Å². The zero-order valence-corrected chi connectivity index (χ0v) is 24.5. The van der Waals surface area contributed by atoms with Crippen molar-refractivity contribution >= 4 is 33.4 Å². The fourth-order valence-electron chi connectivity index (χ4n) is 5.85. The predicted molar refractivity (Wildman–Crippen MR) is 153 cm³/mol. The number of nitrogens with one attached hydrogen (secondary N) is 3. The van der Waals surface area contributed by atoms with Crippen molar-refractivity contribution in [1.82, 2.24) is 20.3 Å². The number of carbonyl (C=O) groups is 2. The Balaban J connectivity index is 1.28. The lowest BCUT2D eigenvalue weighted by Crippen LogP contribution is -2.58. The first-order valence-corrected chi connectivity index (χ1v) is 15.8. The molecule has 5 rings (SSSR count). The van der Waals surface area contributed by atoms with Crippen molar-refractivity contribution in [3.8, 4) is 5.75 Å². The van der Waals surface area contributed by atoms with Crippen molar-refractivity contribution in [2.75, 3.05) is 19.7 Å². The van der Waals surface area contributed by atoms with Crippen LogP contribution in [-0.2, 0) is 26.2 Å². The summed E-state index contributed by atoms with van der Waals surface area (Å²) in [6.07, 6.45) is 5.28. The molecule has 1 unspecified atom stereocenters. The molecule has 1 saturated carbocycles. The number of carbonyl (C=O) groups excluding carboxylic acids is 2. The van der Waals surface area contributed by atoms with Crippen molar-refractivity contribution in [2.45, 2.75) is 81.9 Å². The fourth-order valence-corrected chi connectivity index (χ4v) is 7.95. The SMILES string of the molecule is Cc1cc(S(=O)(=O)N2CCNC(=O)C2CC(=O)N[C@@H]2CCOc3cc(CNC4CCCC4)ccc32)c(C)cc1Cl. The molecule has 2 aromatic rings. The lowest BCUT2D eigenvalue weighted by molar-refractivity contribution is -0.132. The lowest BCUT2D eigenvalue weighted by Gasteiger charge is -2.34. The Bertz CT molecular complexity index is 1390. The molecule has 0 aromatic heterocycles. The van der Waals surface area contributed by atoms with Crippen LogP contribution in [0.2, 0.25) is 5.02 Å². The Hall–Kier alpha value is -2.66. The third-order valence-electron chi connectivity index (χ3n) is 8.11. The number of ether oxygens (including phenoxy) is 1. The number of sulfonamides is 1. The third-order valence-corrected chi connectivity index (χ3v) is 10.6. The van der Waals surface area contributed by atoms with Crippen LogP contribution in [0.4, 0.5) is 0 Å². The van der Waals surface area contributed by atoms with Gasteiger partial charge in [0.2, 0.25) is 21.8 Å². The second-order valence-electron chi connectivity index (χ2n) is 11.0. The summed E-state index contributed by atoms with van der Waals surface area (Å²) < 4.78 is 34.4. The molecule has 9 nitrogen and oxygen atoms in total. The van der Waals surface area contributed by atoms with E-state index in [4.69, 9.17) is 16.3 Å². The van der Waals surface area contributed by atoms with Gasteiger partial charge in [0, 0.05) is 42.7 Å². The molecule has 3 aliphatic rings. The van der Waals surface area contributed by atoms with Crippen LogP contribution in [0.3, 0.4) is 0 Å². The van der Waals surface area contributed by atoms with E-state index in [2.05, 4.69) is 16.0 Å². The summed E-state index contributed by atoms with van der Waals surface area (Å²) in [7, 11) is -4.05. The number of benzene rings is 2. The molecule has 2 aromatic carbocycles. The smallest absolute Gasteiger partial charge is 0.244 e. The molecule has 0 bridgehead atoms. The number of rotatable bonds is 8. The Morgan fingerprint density at radius 1 is 1.12 bits per heavy atom. The van der Waals surface area contributed by atoms with Crippen LogP contribution in [0.15, 0.2) is 35.2 Å². The largest absolute Gasteiger partial charge is 0.493 e. The molecule has 11 heteroatoms. The van der Waals surface area contributed by atoms with E-state index in [1.165, 1.54) is 31.7 Å². The predicted octanol–water partition coefficient (Wildman–Crippen LogP) is 3.51. The van der Waals surface area contributed by atoms with E-state index in [0.717, 1.165) is 27.7 Å². The normalized spacial score (nSPS) is 21.9. The van der Waals surface area contributed by atoms with E-state index in [1.807, 2.05) is 18.2 Å². The number of hydrogen-bond donors (Lipinski definition) is 3. The van der Waals surface area contributed by atoms with Gasteiger partial charge in [0.25, 0.3) is 0 Å². The van der Waals surface area contributed by atoms with Crippen LogP contribution in [0, 0.1) is 13.8 Å². The second kappa shape index (κ2) is 12.1. The number of fused-ring (bicyclic) bond motifs is 1. The maximum atomic E-state index is 13.7. The number of aryl methyl sites for hydroxylation is 2. The molecular weight excluding hydrogens is 552 g/mol. The summed E-state index contributed by atoms with van der Waals surface area (Å²) in [4.78, 5) is 26.2. The molecule has 216 valence electrons. The van der Waals surface area contributed by atoms with E-state index >= 15 is 0 Å². The first kappa shape index (κ1) is 28.9. The topological polar surface area (TPSA) is 117 Å². The van der Waals surface area contributed by atoms with Gasteiger partial charge in [0.15, 0.2) is 0 Å². The Morgan fingerprint density at radius 3 is 2.67 bits per heavy atom. The molecule has 2 atom stereocenters. The van der Waals surface area contributed by atoms with Gasteiger partial charge in [-0.3, -0.25) is 9.59 Å². The average molecular weight is 589 g/mol. The molecule has 2 aliphatic heterocycles. The van der Waals surface area contributed by atoms with Crippen LogP contribution in [0.5, 0.6) is 5.75 Å². The molecule has 3 N–H and O–H groups in total. The molecule has 40 heavy (non-hydrogen) atoms. The minimum Gasteiger partial charge on any atom is -0.493 e. The third kappa shape index (κ3) is 6.15. The molecule has 1 aliphatic carbocycles. The average Bonchev–Trinajstić information content (AvgIpc) is 3.44.